The molecule has 0 fully saturated rings. The molecule has 0 spiro atoms. The number of nitrogens with one attached hydrogen (secondary N) is 1. The Morgan fingerprint density at radius 1 is 1.35 bits per heavy atom. The van der Waals surface area contributed by atoms with Gasteiger partial charge in [-0.1, -0.05) is 32.9 Å². The average Bonchev–Trinajstić information content (AvgIpc) is 2.36. The maximum absolute atomic E-state index is 11.9. The first kappa shape index (κ1) is 16.5. The molecule has 0 aromatic heterocycles. The summed E-state index contributed by atoms with van der Waals surface area (Å²) in [6.07, 6.45) is 0.464. The predicted molar refractivity (Wildman–Crippen MR) is 85.6 cm³/mol. The average molecular weight is 277 g/mol. The largest absolute Gasteiger partial charge is 0.397 e. The molecule has 0 aliphatic rings. The van der Waals surface area contributed by atoms with E-state index in [0.717, 1.165) is 6.54 Å². The summed E-state index contributed by atoms with van der Waals surface area (Å²) < 4.78 is 0. The van der Waals surface area contributed by atoms with Crippen LogP contribution in [0.3, 0.4) is 0 Å². The van der Waals surface area contributed by atoms with Crippen LogP contribution in [0.25, 0.3) is 0 Å². The predicted octanol–water partition coefficient (Wildman–Crippen LogP) is 2.96. The van der Waals surface area contributed by atoms with E-state index in [-0.39, 0.29) is 11.3 Å². The van der Waals surface area contributed by atoms with E-state index in [1.54, 1.807) is 6.07 Å². The summed E-state index contributed by atoms with van der Waals surface area (Å²) in [6.45, 7) is 9.54. The molecule has 1 amide bonds. The van der Waals surface area contributed by atoms with Crippen LogP contribution in [0.15, 0.2) is 24.3 Å². The Hall–Kier alpha value is -1.55. The zero-order valence-electron chi connectivity index (χ0n) is 13.2. The van der Waals surface area contributed by atoms with Crippen molar-refractivity contribution >= 4 is 17.3 Å². The molecule has 1 rings (SSSR count). The van der Waals surface area contributed by atoms with Gasteiger partial charge >= 0.3 is 0 Å². The molecule has 0 aliphatic carbocycles. The molecule has 20 heavy (non-hydrogen) atoms. The highest BCUT2D eigenvalue weighted by Crippen LogP contribution is 2.23. The van der Waals surface area contributed by atoms with Crippen molar-refractivity contribution in [2.75, 3.05) is 24.6 Å². The van der Waals surface area contributed by atoms with Gasteiger partial charge in [0.15, 0.2) is 0 Å². The summed E-state index contributed by atoms with van der Waals surface area (Å²) >= 11 is 0. The Morgan fingerprint density at radius 3 is 2.50 bits per heavy atom. The van der Waals surface area contributed by atoms with Gasteiger partial charge in [-0.2, -0.15) is 0 Å². The first-order valence-corrected chi connectivity index (χ1v) is 7.06. The molecule has 4 heteroatoms. The highest BCUT2D eigenvalue weighted by atomic mass is 16.1. The minimum atomic E-state index is -0.00383. The van der Waals surface area contributed by atoms with Gasteiger partial charge in [0.1, 0.15) is 0 Å². The number of carbonyl (C=O) groups excluding carboxylic acids is 1. The van der Waals surface area contributed by atoms with Gasteiger partial charge in [0.25, 0.3) is 0 Å². The number of amides is 1. The van der Waals surface area contributed by atoms with E-state index in [9.17, 15) is 4.79 Å². The standard InChI is InChI=1S/C16H27N3O/c1-12(16(2,3)4)19(5)11-10-15(20)18-14-9-7-6-8-13(14)17/h6-9,12H,10-11,17H2,1-5H3,(H,18,20). The number of para-hydroxylation sites is 2. The smallest absolute Gasteiger partial charge is 0.225 e. The lowest BCUT2D eigenvalue weighted by molar-refractivity contribution is -0.116. The van der Waals surface area contributed by atoms with Gasteiger partial charge in [0, 0.05) is 19.0 Å². The minimum Gasteiger partial charge on any atom is -0.397 e. The topological polar surface area (TPSA) is 58.4 Å². The van der Waals surface area contributed by atoms with Crippen LogP contribution in [0, 0.1) is 5.41 Å². The minimum absolute atomic E-state index is 0.00383. The third kappa shape index (κ3) is 4.85. The molecule has 1 aromatic rings. The highest BCUT2D eigenvalue weighted by Gasteiger charge is 2.23. The quantitative estimate of drug-likeness (QED) is 0.814. The van der Waals surface area contributed by atoms with Crippen molar-refractivity contribution in [3.05, 3.63) is 24.3 Å². The SMILES string of the molecule is CC(N(C)CCC(=O)Nc1ccccc1N)C(C)(C)C. The number of rotatable bonds is 5. The second kappa shape index (κ2) is 6.75. The van der Waals surface area contributed by atoms with E-state index in [2.05, 4.69) is 45.0 Å². The second-order valence-corrected chi connectivity index (χ2v) is 6.41. The number of nitrogen functional groups attached to an aromatic ring is 1. The molecule has 0 saturated heterocycles. The van der Waals surface area contributed by atoms with E-state index in [1.807, 2.05) is 18.2 Å². The van der Waals surface area contributed by atoms with Crippen LogP contribution < -0.4 is 11.1 Å². The highest BCUT2D eigenvalue weighted by molar-refractivity contribution is 5.93. The molecule has 0 heterocycles. The molecule has 0 bridgehead atoms. The Bertz CT molecular complexity index is 451. The Morgan fingerprint density at radius 2 is 1.95 bits per heavy atom. The van der Waals surface area contributed by atoms with Gasteiger partial charge in [-0.3, -0.25) is 4.79 Å². The molecule has 112 valence electrons. The first-order chi connectivity index (χ1) is 9.21. The van der Waals surface area contributed by atoms with E-state index < -0.39 is 0 Å². The number of benzene rings is 1. The lowest BCUT2D eigenvalue weighted by atomic mass is 9.87. The number of nitrogens with two attached hydrogens (primary N) is 1. The fourth-order valence-corrected chi connectivity index (χ4v) is 1.96. The normalized spacial score (nSPS) is 13.3. The molecule has 1 aromatic carbocycles. The van der Waals surface area contributed by atoms with Crippen molar-refractivity contribution in [3.8, 4) is 0 Å². The number of hydrogen-bond acceptors (Lipinski definition) is 3. The molecule has 0 aliphatic heterocycles. The Kier molecular flexibility index (Phi) is 5.57. The van der Waals surface area contributed by atoms with Crippen LogP contribution in [0.1, 0.15) is 34.1 Å². The second-order valence-electron chi connectivity index (χ2n) is 6.41. The van der Waals surface area contributed by atoms with Crippen molar-refractivity contribution in [2.24, 2.45) is 5.41 Å². The molecule has 0 radical (unpaired) electrons. The van der Waals surface area contributed by atoms with Crippen LogP contribution in [0.4, 0.5) is 11.4 Å². The van der Waals surface area contributed by atoms with Crippen molar-refractivity contribution in [2.45, 2.75) is 40.2 Å². The van der Waals surface area contributed by atoms with Crippen LogP contribution in [-0.2, 0) is 4.79 Å². The van der Waals surface area contributed by atoms with Gasteiger partial charge in [-0.05, 0) is 31.5 Å². The van der Waals surface area contributed by atoms with E-state index in [1.165, 1.54) is 0 Å². The number of carbonyl (C=O) groups is 1. The summed E-state index contributed by atoms with van der Waals surface area (Å²) in [5, 5.41) is 2.85. The summed E-state index contributed by atoms with van der Waals surface area (Å²) in [7, 11) is 2.06. The molecule has 1 atom stereocenters. The van der Waals surface area contributed by atoms with Gasteiger partial charge in [-0.15, -0.1) is 0 Å². The summed E-state index contributed by atoms with van der Waals surface area (Å²) in [5.74, 6) is -0.00383. The van der Waals surface area contributed by atoms with Crippen molar-refractivity contribution in [3.63, 3.8) is 0 Å². The molecular formula is C16H27N3O. The molecule has 0 saturated carbocycles. The monoisotopic (exact) mass is 277 g/mol. The zero-order valence-corrected chi connectivity index (χ0v) is 13.2. The summed E-state index contributed by atoms with van der Waals surface area (Å²) in [6, 6.07) is 7.72. The third-order valence-corrected chi connectivity index (χ3v) is 3.84. The van der Waals surface area contributed by atoms with Crippen LogP contribution in [0.5, 0.6) is 0 Å². The van der Waals surface area contributed by atoms with Gasteiger partial charge in [0.05, 0.1) is 11.4 Å². The lowest BCUT2D eigenvalue weighted by Crippen LogP contribution is -2.40. The van der Waals surface area contributed by atoms with E-state index >= 15 is 0 Å². The van der Waals surface area contributed by atoms with Crippen LogP contribution in [-0.4, -0.2) is 30.4 Å². The van der Waals surface area contributed by atoms with Gasteiger partial charge in [-0.25, -0.2) is 0 Å². The van der Waals surface area contributed by atoms with Crippen molar-refractivity contribution in [1.82, 2.24) is 4.90 Å². The molecule has 3 N–H and O–H groups in total. The van der Waals surface area contributed by atoms with E-state index in [4.69, 9.17) is 5.73 Å². The van der Waals surface area contributed by atoms with Crippen LogP contribution in [0.2, 0.25) is 0 Å². The third-order valence-electron chi connectivity index (χ3n) is 3.84. The fraction of sp³-hybridized carbons (Fsp3) is 0.562. The zero-order chi connectivity index (χ0) is 15.3. The van der Waals surface area contributed by atoms with E-state index in [0.29, 0.717) is 23.8 Å². The lowest BCUT2D eigenvalue weighted by Gasteiger charge is -2.35. The Labute approximate surface area is 122 Å². The summed E-state index contributed by atoms with van der Waals surface area (Å²) in [5.41, 5.74) is 7.29. The maximum atomic E-state index is 11.9. The first-order valence-electron chi connectivity index (χ1n) is 7.06. The van der Waals surface area contributed by atoms with Gasteiger partial charge in [0.2, 0.25) is 5.91 Å². The van der Waals surface area contributed by atoms with Crippen LogP contribution >= 0.6 is 0 Å². The number of nitrogens with zero attached hydrogens (tertiary/aromatic N) is 1. The van der Waals surface area contributed by atoms with Crippen molar-refractivity contribution < 1.29 is 4.79 Å². The summed E-state index contributed by atoms with van der Waals surface area (Å²) in [4.78, 5) is 14.2. The molecule has 4 nitrogen and oxygen atoms in total. The maximum Gasteiger partial charge on any atom is 0.225 e. The van der Waals surface area contributed by atoms with Gasteiger partial charge < -0.3 is 16.0 Å². The fourth-order valence-electron chi connectivity index (χ4n) is 1.96. The Balaban J connectivity index is 2.46. The number of anilines is 2. The molecule has 1 unspecified atom stereocenters. The molecular weight excluding hydrogens is 250 g/mol. The number of hydrogen-bond donors (Lipinski definition) is 2. The van der Waals surface area contributed by atoms with Crippen molar-refractivity contribution in [1.29, 1.82) is 0 Å².